The summed E-state index contributed by atoms with van der Waals surface area (Å²) in [6.45, 7) is 0. The number of hydrogen-bond acceptors (Lipinski definition) is 0. The van der Waals surface area contributed by atoms with Gasteiger partial charge in [-0.15, -0.1) is 17.7 Å². The maximum absolute atomic E-state index is 3.38. The van der Waals surface area contributed by atoms with Gasteiger partial charge in [-0.2, -0.15) is 42.5 Å². The van der Waals surface area contributed by atoms with E-state index in [-0.39, 0.29) is 32.7 Å². The molecule has 0 N–H and O–H groups in total. The van der Waals surface area contributed by atoms with Crippen LogP contribution in [0.3, 0.4) is 0 Å². The van der Waals surface area contributed by atoms with Crippen molar-refractivity contribution >= 4 is 43.1 Å². The number of rotatable bonds is 4. The molecule has 9 aromatic carbocycles. The molecule has 0 bridgehead atoms. The molecule has 0 saturated heterocycles. The van der Waals surface area contributed by atoms with Crippen LogP contribution in [0.5, 0.6) is 0 Å². The Morgan fingerprint density at radius 2 is 0.851 bits per heavy atom. The first-order chi connectivity index (χ1) is 22.8. The van der Waals surface area contributed by atoms with Gasteiger partial charge in [-0.3, -0.25) is 0 Å². The van der Waals surface area contributed by atoms with Crippen LogP contribution < -0.4 is 0 Å². The van der Waals surface area contributed by atoms with E-state index in [1.165, 1.54) is 76.5 Å². The molecule has 0 aliphatic rings. The predicted octanol–water partition coefficient (Wildman–Crippen LogP) is 12.6. The van der Waals surface area contributed by atoms with Crippen LogP contribution in [0.4, 0.5) is 0 Å². The fourth-order valence-corrected chi connectivity index (χ4v) is 7.18. The van der Waals surface area contributed by atoms with Crippen molar-refractivity contribution in [2.24, 2.45) is 0 Å². The minimum atomic E-state index is 0. The van der Waals surface area contributed by atoms with Crippen LogP contribution in [-0.2, 0) is 32.7 Å². The van der Waals surface area contributed by atoms with E-state index in [4.69, 9.17) is 0 Å². The summed E-state index contributed by atoms with van der Waals surface area (Å²) in [6.07, 6.45) is 0. The van der Waals surface area contributed by atoms with Crippen molar-refractivity contribution in [2.75, 3.05) is 0 Å². The van der Waals surface area contributed by atoms with Gasteiger partial charge in [0.15, 0.2) is 0 Å². The molecule has 0 amide bonds. The average molecular weight is 670 g/mol. The van der Waals surface area contributed by atoms with Gasteiger partial charge in [0.25, 0.3) is 0 Å². The summed E-state index contributed by atoms with van der Waals surface area (Å²) in [5.74, 6) is 0. The quantitative estimate of drug-likeness (QED) is 0.0994. The summed E-state index contributed by atoms with van der Waals surface area (Å²) >= 11 is 0. The molecular formula is C46H28Y-2. The SMILES string of the molecule is [Y].[c-]1ccccc1-c1[c-]ccc(-c2ccc(-c3c4ccccc4c(-c4cc5ccccc5c5ccccc45)c4ccccc34)cc2)c1. The fourth-order valence-electron chi connectivity index (χ4n) is 7.18. The second kappa shape index (κ2) is 12.4. The topological polar surface area (TPSA) is 0 Å². The van der Waals surface area contributed by atoms with E-state index in [0.29, 0.717) is 0 Å². The molecule has 0 nitrogen and oxygen atoms in total. The van der Waals surface area contributed by atoms with Gasteiger partial charge in [0, 0.05) is 32.7 Å². The molecule has 0 heterocycles. The van der Waals surface area contributed by atoms with Crippen molar-refractivity contribution in [2.45, 2.75) is 0 Å². The number of hydrogen-bond donors (Lipinski definition) is 0. The van der Waals surface area contributed by atoms with Crippen molar-refractivity contribution in [3.8, 4) is 44.5 Å². The van der Waals surface area contributed by atoms with E-state index in [9.17, 15) is 0 Å². The molecule has 0 unspecified atom stereocenters. The first kappa shape index (κ1) is 29.5. The molecule has 47 heavy (non-hydrogen) atoms. The van der Waals surface area contributed by atoms with Gasteiger partial charge < -0.3 is 0 Å². The smallest absolute Gasteiger partial charge is 0 e. The predicted molar refractivity (Wildman–Crippen MR) is 196 cm³/mol. The first-order valence-corrected chi connectivity index (χ1v) is 15.8. The van der Waals surface area contributed by atoms with E-state index in [1.807, 2.05) is 24.3 Å². The van der Waals surface area contributed by atoms with Gasteiger partial charge >= 0.3 is 0 Å². The molecule has 217 valence electrons. The van der Waals surface area contributed by atoms with Crippen LogP contribution in [0.15, 0.2) is 170 Å². The van der Waals surface area contributed by atoms with Crippen molar-refractivity contribution in [3.63, 3.8) is 0 Å². The number of benzene rings is 9. The Hall–Kier alpha value is -4.88. The Labute approximate surface area is 300 Å². The Morgan fingerprint density at radius 3 is 1.51 bits per heavy atom. The van der Waals surface area contributed by atoms with Crippen LogP contribution >= 0.6 is 0 Å². The molecule has 0 fully saturated rings. The zero-order chi connectivity index (χ0) is 30.5. The van der Waals surface area contributed by atoms with Gasteiger partial charge in [-0.05, 0) is 77.0 Å². The van der Waals surface area contributed by atoms with Crippen LogP contribution in [0.1, 0.15) is 0 Å². The summed E-state index contributed by atoms with van der Waals surface area (Å²) in [7, 11) is 0. The molecule has 0 spiro atoms. The third kappa shape index (κ3) is 5.10. The first-order valence-electron chi connectivity index (χ1n) is 15.8. The molecule has 0 saturated carbocycles. The summed E-state index contributed by atoms with van der Waals surface area (Å²) in [6, 6.07) is 68.0. The molecule has 9 rings (SSSR count). The van der Waals surface area contributed by atoms with E-state index in [1.54, 1.807) is 0 Å². The van der Waals surface area contributed by atoms with Crippen LogP contribution in [0.2, 0.25) is 0 Å². The minimum absolute atomic E-state index is 0. The molecule has 0 atom stereocenters. The van der Waals surface area contributed by atoms with E-state index in [2.05, 4.69) is 158 Å². The largest absolute Gasteiger partial charge is 0.226 e. The van der Waals surface area contributed by atoms with Crippen LogP contribution in [-0.4, -0.2) is 0 Å². The Balaban J connectivity index is 0.00000324. The number of fused-ring (bicyclic) bond motifs is 5. The van der Waals surface area contributed by atoms with Gasteiger partial charge in [0.05, 0.1) is 0 Å². The van der Waals surface area contributed by atoms with Crippen LogP contribution in [0.25, 0.3) is 87.6 Å². The second-order valence-corrected chi connectivity index (χ2v) is 11.9. The Bertz CT molecular complexity index is 2510. The Kier molecular flexibility index (Phi) is 7.78. The summed E-state index contributed by atoms with van der Waals surface area (Å²) < 4.78 is 0. The molecule has 0 aliphatic heterocycles. The molecule has 0 aromatic heterocycles. The zero-order valence-corrected chi connectivity index (χ0v) is 28.6. The van der Waals surface area contributed by atoms with Crippen molar-refractivity contribution in [1.29, 1.82) is 0 Å². The van der Waals surface area contributed by atoms with E-state index in [0.717, 1.165) is 11.1 Å². The monoisotopic (exact) mass is 669 g/mol. The summed E-state index contributed by atoms with van der Waals surface area (Å²) in [5.41, 5.74) is 9.51. The van der Waals surface area contributed by atoms with Gasteiger partial charge in [0.1, 0.15) is 0 Å². The van der Waals surface area contributed by atoms with E-state index < -0.39 is 0 Å². The van der Waals surface area contributed by atoms with Crippen molar-refractivity contribution in [1.82, 2.24) is 0 Å². The van der Waals surface area contributed by atoms with E-state index >= 15 is 0 Å². The van der Waals surface area contributed by atoms with Gasteiger partial charge in [0.2, 0.25) is 0 Å². The summed E-state index contributed by atoms with van der Waals surface area (Å²) in [4.78, 5) is 0. The molecular weight excluding hydrogens is 641 g/mol. The normalized spacial score (nSPS) is 11.2. The third-order valence-corrected chi connectivity index (χ3v) is 9.28. The van der Waals surface area contributed by atoms with Crippen LogP contribution in [0, 0.1) is 12.1 Å². The molecule has 1 radical (unpaired) electrons. The van der Waals surface area contributed by atoms with Crippen molar-refractivity contribution < 1.29 is 32.7 Å². The van der Waals surface area contributed by atoms with Gasteiger partial charge in [-0.1, -0.05) is 121 Å². The maximum Gasteiger partial charge on any atom is 0 e. The molecule has 9 aromatic rings. The summed E-state index contributed by atoms with van der Waals surface area (Å²) in [5, 5.41) is 10.2. The van der Waals surface area contributed by atoms with Crippen molar-refractivity contribution in [3.05, 3.63) is 182 Å². The minimum Gasteiger partial charge on any atom is -0.226 e. The zero-order valence-electron chi connectivity index (χ0n) is 25.7. The Morgan fingerprint density at radius 1 is 0.319 bits per heavy atom. The fraction of sp³-hybridized carbons (Fsp3) is 0. The van der Waals surface area contributed by atoms with Gasteiger partial charge in [-0.25, -0.2) is 11.1 Å². The standard InChI is InChI=1S/C46H28.Y/c1-2-13-31(14-3-1)34-16-12-17-35(29-34)32-25-27-33(28-26-32)45-40-21-8-10-23-42(40)46(43-24-11-9-22-41(43)45)44-30-36-15-4-5-18-37(36)38-19-6-7-20-39(38)44;/h1-13,15,17-30H;/q-2;. The molecule has 1 heteroatoms. The average Bonchev–Trinajstić information content (AvgIpc) is 3.14. The third-order valence-electron chi connectivity index (χ3n) is 9.28. The molecule has 0 aliphatic carbocycles. The second-order valence-electron chi connectivity index (χ2n) is 11.9. The maximum atomic E-state index is 3.38.